The molecule has 136 valence electrons. The largest absolute Gasteiger partial charge is 0.490 e. The standard InChI is InChI=1S/C20H25BN2O3/c1-19(2)20(3,4)26-21(25-19)17-8-10-23(11-9-17)18(24)13-15-6-5-7-16(12-15)14-22/h5-8,12H,9-11,13H2,1-4H3. The Hall–Kier alpha value is -2.10. The van der Waals surface area contributed by atoms with Crippen molar-refractivity contribution in [2.24, 2.45) is 0 Å². The highest BCUT2D eigenvalue weighted by Gasteiger charge is 2.52. The Morgan fingerprint density at radius 2 is 1.96 bits per heavy atom. The molecular weight excluding hydrogens is 327 g/mol. The molecule has 5 nitrogen and oxygen atoms in total. The van der Waals surface area contributed by atoms with Gasteiger partial charge >= 0.3 is 7.12 Å². The van der Waals surface area contributed by atoms with E-state index in [1.165, 1.54) is 0 Å². The van der Waals surface area contributed by atoms with Crippen LogP contribution in [0.5, 0.6) is 0 Å². The summed E-state index contributed by atoms with van der Waals surface area (Å²) >= 11 is 0. The van der Waals surface area contributed by atoms with Gasteiger partial charge in [-0.05, 0) is 57.3 Å². The lowest BCUT2D eigenvalue weighted by molar-refractivity contribution is -0.130. The predicted molar refractivity (Wildman–Crippen MR) is 100 cm³/mol. The van der Waals surface area contributed by atoms with Gasteiger partial charge in [-0.3, -0.25) is 4.79 Å². The van der Waals surface area contributed by atoms with Crippen LogP contribution in [0.25, 0.3) is 0 Å². The van der Waals surface area contributed by atoms with Gasteiger partial charge in [0.05, 0.1) is 29.3 Å². The van der Waals surface area contributed by atoms with Gasteiger partial charge in [-0.2, -0.15) is 5.26 Å². The highest BCUT2D eigenvalue weighted by Crippen LogP contribution is 2.39. The van der Waals surface area contributed by atoms with Gasteiger partial charge in [-0.15, -0.1) is 0 Å². The number of nitrogens with zero attached hydrogens (tertiary/aromatic N) is 2. The van der Waals surface area contributed by atoms with Gasteiger partial charge < -0.3 is 14.2 Å². The summed E-state index contributed by atoms with van der Waals surface area (Å²) in [5.41, 5.74) is 1.86. The fourth-order valence-corrected chi connectivity index (χ4v) is 3.16. The van der Waals surface area contributed by atoms with E-state index in [1.54, 1.807) is 12.1 Å². The Kier molecular flexibility index (Phi) is 4.96. The zero-order valence-electron chi connectivity index (χ0n) is 15.9. The van der Waals surface area contributed by atoms with Crippen LogP contribution < -0.4 is 0 Å². The minimum absolute atomic E-state index is 0.0734. The lowest BCUT2D eigenvalue weighted by Gasteiger charge is -2.32. The number of hydrogen-bond acceptors (Lipinski definition) is 4. The molecule has 6 heteroatoms. The number of rotatable bonds is 3. The molecular formula is C20H25BN2O3. The second-order valence-corrected chi connectivity index (χ2v) is 7.95. The Balaban J connectivity index is 1.61. The summed E-state index contributed by atoms with van der Waals surface area (Å²) in [5, 5.41) is 8.97. The molecule has 2 heterocycles. The maximum absolute atomic E-state index is 12.6. The highest BCUT2D eigenvalue weighted by atomic mass is 16.7. The van der Waals surface area contributed by atoms with Crippen molar-refractivity contribution < 1.29 is 14.1 Å². The SMILES string of the molecule is CC1(C)OB(C2=CCN(C(=O)Cc3cccc(C#N)c3)CC2)OC1(C)C. The van der Waals surface area contributed by atoms with E-state index in [4.69, 9.17) is 14.6 Å². The van der Waals surface area contributed by atoms with Gasteiger partial charge in [0.25, 0.3) is 0 Å². The molecule has 0 N–H and O–H groups in total. The van der Waals surface area contributed by atoms with E-state index in [1.807, 2.05) is 44.7 Å². The molecule has 1 aromatic rings. The molecule has 2 aliphatic heterocycles. The van der Waals surface area contributed by atoms with E-state index in [2.05, 4.69) is 12.1 Å². The number of carbonyl (C=O) groups excluding carboxylic acids is 1. The Bertz CT molecular complexity index is 764. The summed E-state index contributed by atoms with van der Waals surface area (Å²) in [6.07, 6.45) is 3.12. The highest BCUT2D eigenvalue weighted by molar-refractivity contribution is 6.54. The average molecular weight is 352 g/mol. The van der Waals surface area contributed by atoms with Gasteiger partial charge in [0.15, 0.2) is 0 Å². The molecule has 0 radical (unpaired) electrons. The molecule has 2 aliphatic rings. The van der Waals surface area contributed by atoms with Crippen molar-refractivity contribution in [2.75, 3.05) is 13.1 Å². The Labute approximate surface area is 155 Å². The summed E-state index contributed by atoms with van der Waals surface area (Å²) in [6, 6.07) is 9.32. The van der Waals surface area contributed by atoms with Gasteiger partial charge in [-0.25, -0.2) is 0 Å². The van der Waals surface area contributed by atoms with Crippen LogP contribution in [-0.4, -0.2) is 42.2 Å². The van der Waals surface area contributed by atoms with Crippen LogP contribution in [0.1, 0.15) is 45.2 Å². The summed E-state index contributed by atoms with van der Waals surface area (Å²) in [4.78, 5) is 14.4. The second-order valence-electron chi connectivity index (χ2n) is 7.95. The molecule has 0 spiro atoms. The third kappa shape index (κ3) is 3.69. The van der Waals surface area contributed by atoms with Crippen LogP contribution in [0.3, 0.4) is 0 Å². The van der Waals surface area contributed by atoms with E-state index < -0.39 is 0 Å². The Morgan fingerprint density at radius 1 is 1.27 bits per heavy atom. The van der Waals surface area contributed by atoms with E-state index >= 15 is 0 Å². The molecule has 1 amide bonds. The topological polar surface area (TPSA) is 62.6 Å². The van der Waals surface area contributed by atoms with Crippen LogP contribution in [0, 0.1) is 11.3 Å². The minimum Gasteiger partial charge on any atom is -0.400 e. The molecule has 0 unspecified atom stereocenters. The Morgan fingerprint density at radius 3 is 2.54 bits per heavy atom. The van der Waals surface area contributed by atoms with Crippen molar-refractivity contribution in [2.45, 2.75) is 51.7 Å². The molecule has 1 saturated heterocycles. The zero-order chi connectivity index (χ0) is 18.9. The number of amides is 1. The van der Waals surface area contributed by atoms with Crippen molar-refractivity contribution in [1.82, 2.24) is 4.90 Å². The van der Waals surface area contributed by atoms with Crippen LogP contribution in [0.15, 0.2) is 35.8 Å². The lowest BCUT2D eigenvalue weighted by atomic mass is 9.74. The van der Waals surface area contributed by atoms with Crippen LogP contribution in [-0.2, 0) is 20.5 Å². The van der Waals surface area contributed by atoms with Crippen LogP contribution >= 0.6 is 0 Å². The first-order chi connectivity index (χ1) is 12.2. The van der Waals surface area contributed by atoms with Crippen molar-refractivity contribution in [1.29, 1.82) is 5.26 Å². The molecule has 1 aromatic carbocycles. The predicted octanol–water partition coefficient (Wildman–Crippen LogP) is 2.89. The van der Waals surface area contributed by atoms with Gasteiger partial charge in [0.2, 0.25) is 5.91 Å². The molecule has 3 rings (SSSR count). The molecule has 0 aromatic heterocycles. The van der Waals surface area contributed by atoms with E-state index in [0.717, 1.165) is 17.5 Å². The number of hydrogen-bond donors (Lipinski definition) is 0. The first-order valence-corrected chi connectivity index (χ1v) is 9.03. The molecule has 26 heavy (non-hydrogen) atoms. The zero-order valence-corrected chi connectivity index (χ0v) is 15.9. The quantitative estimate of drug-likeness (QED) is 0.785. The second kappa shape index (κ2) is 6.90. The summed E-state index contributed by atoms with van der Waals surface area (Å²) in [5.74, 6) is 0.0734. The fraction of sp³-hybridized carbons (Fsp3) is 0.500. The maximum Gasteiger partial charge on any atom is 0.490 e. The van der Waals surface area contributed by atoms with Gasteiger partial charge in [0.1, 0.15) is 0 Å². The van der Waals surface area contributed by atoms with Gasteiger partial charge in [-0.1, -0.05) is 18.2 Å². The molecule has 1 fully saturated rings. The third-order valence-corrected chi connectivity index (χ3v) is 5.56. The first-order valence-electron chi connectivity index (χ1n) is 9.03. The van der Waals surface area contributed by atoms with E-state index in [0.29, 0.717) is 25.1 Å². The van der Waals surface area contributed by atoms with Crippen molar-refractivity contribution in [3.05, 3.63) is 46.9 Å². The lowest BCUT2D eigenvalue weighted by Crippen LogP contribution is -2.41. The smallest absolute Gasteiger partial charge is 0.400 e. The van der Waals surface area contributed by atoms with E-state index in [9.17, 15) is 4.79 Å². The molecule has 0 saturated carbocycles. The van der Waals surface area contributed by atoms with Crippen molar-refractivity contribution >= 4 is 13.0 Å². The van der Waals surface area contributed by atoms with Crippen molar-refractivity contribution in [3.8, 4) is 6.07 Å². The number of carbonyl (C=O) groups is 1. The monoisotopic (exact) mass is 352 g/mol. The molecule has 0 atom stereocenters. The average Bonchev–Trinajstić information content (AvgIpc) is 2.83. The van der Waals surface area contributed by atoms with Crippen LogP contribution in [0.2, 0.25) is 0 Å². The first kappa shape index (κ1) is 18.7. The summed E-state index contributed by atoms with van der Waals surface area (Å²) in [7, 11) is -0.329. The van der Waals surface area contributed by atoms with Gasteiger partial charge in [0, 0.05) is 13.1 Å². The summed E-state index contributed by atoms with van der Waals surface area (Å²) in [6.45, 7) is 9.40. The number of benzene rings is 1. The third-order valence-electron chi connectivity index (χ3n) is 5.56. The van der Waals surface area contributed by atoms with Crippen LogP contribution in [0.4, 0.5) is 0 Å². The maximum atomic E-state index is 12.6. The summed E-state index contributed by atoms with van der Waals surface area (Å²) < 4.78 is 12.2. The van der Waals surface area contributed by atoms with Crippen molar-refractivity contribution in [3.63, 3.8) is 0 Å². The number of nitriles is 1. The molecule has 0 aliphatic carbocycles. The normalized spacial score (nSPS) is 21.3. The fourth-order valence-electron chi connectivity index (χ4n) is 3.16. The minimum atomic E-state index is -0.350. The molecule has 0 bridgehead atoms. The van der Waals surface area contributed by atoms with E-state index in [-0.39, 0.29) is 24.2 Å².